The number of hydrogen-bond donors (Lipinski definition) is 0. The van der Waals surface area contributed by atoms with Crippen molar-refractivity contribution in [1.82, 2.24) is 9.47 Å². The zero-order valence-corrected chi connectivity index (χ0v) is 20.7. The predicted octanol–water partition coefficient (Wildman–Crippen LogP) is 4.90. The summed E-state index contributed by atoms with van der Waals surface area (Å²) in [6, 6.07) is 16.6. The summed E-state index contributed by atoms with van der Waals surface area (Å²) in [4.78, 5) is 18.3. The number of nitrogens with zero attached hydrogens (tertiary/aromatic N) is 5. The average Bonchev–Trinajstić information content (AvgIpc) is 3.30. The van der Waals surface area contributed by atoms with E-state index in [1.807, 2.05) is 56.5 Å². The third-order valence-electron chi connectivity index (χ3n) is 6.49. The standard InChI is InChI=1S/C27H27N5OS/c1-18-14-22(20(3)32(18)27-25(17-29)19(2)21(4)34-27)15-23(16-28)26(33)31-12-10-30(11-13-31)24-8-6-5-7-9-24/h5-9,14-15H,10-13H2,1-4H3/b23-15-. The molecule has 0 bridgehead atoms. The molecule has 172 valence electrons. The lowest BCUT2D eigenvalue weighted by Crippen LogP contribution is -2.49. The number of thiophene rings is 1. The summed E-state index contributed by atoms with van der Waals surface area (Å²) >= 11 is 1.59. The maximum Gasteiger partial charge on any atom is 0.264 e. The van der Waals surface area contributed by atoms with Gasteiger partial charge in [0.05, 0.1) is 5.56 Å². The number of aromatic nitrogens is 1. The molecule has 1 aliphatic rings. The van der Waals surface area contributed by atoms with Gasteiger partial charge in [0.2, 0.25) is 0 Å². The molecule has 0 spiro atoms. The third kappa shape index (κ3) is 4.23. The fourth-order valence-electron chi connectivity index (χ4n) is 4.42. The van der Waals surface area contributed by atoms with Crippen LogP contribution in [0.4, 0.5) is 5.69 Å². The lowest BCUT2D eigenvalue weighted by molar-refractivity contribution is -0.126. The quantitative estimate of drug-likeness (QED) is 0.402. The van der Waals surface area contributed by atoms with E-state index in [4.69, 9.17) is 0 Å². The molecule has 1 saturated heterocycles. The number of hydrogen-bond acceptors (Lipinski definition) is 5. The number of benzene rings is 1. The van der Waals surface area contributed by atoms with Crippen molar-refractivity contribution < 1.29 is 4.79 Å². The summed E-state index contributed by atoms with van der Waals surface area (Å²) in [6.07, 6.45) is 1.68. The molecule has 2 aromatic heterocycles. The van der Waals surface area contributed by atoms with Gasteiger partial charge in [-0.3, -0.25) is 4.79 Å². The highest BCUT2D eigenvalue weighted by atomic mass is 32.1. The average molecular weight is 470 g/mol. The Kier molecular flexibility index (Phi) is 6.58. The molecule has 0 saturated carbocycles. The maximum atomic E-state index is 13.2. The normalized spacial score (nSPS) is 14.1. The lowest BCUT2D eigenvalue weighted by Gasteiger charge is -2.36. The number of aryl methyl sites for hydroxylation is 2. The van der Waals surface area contributed by atoms with Gasteiger partial charge >= 0.3 is 0 Å². The molecule has 0 aliphatic carbocycles. The number of para-hydroxylation sites is 1. The summed E-state index contributed by atoms with van der Waals surface area (Å²) in [7, 11) is 0. The van der Waals surface area contributed by atoms with Gasteiger partial charge in [-0.2, -0.15) is 10.5 Å². The van der Waals surface area contributed by atoms with Crippen molar-refractivity contribution in [3.05, 3.63) is 74.9 Å². The van der Waals surface area contributed by atoms with Gasteiger partial charge in [0.25, 0.3) is 5.91 Å². The van der Waals surface area contributed by atoms with E-state index in [0.717, 1.165) is 51.2 Å². The Labute approximate surface area is 204 Å². The first kappa shape index (κ1) is 23.4. The predicted molar refractivity (Wildman–Crippen MR) is 136 cm³/mol. The summed E-state index contributed by atoms with van der Waals surface area (Å²) in [5.74, 6) is -0.236. The zero-order chi connectivity index (χ0) is 24.4. The number of amides is 1. The molecular weight excluding hydrogens is 442 g/mol. The third-order valence-corrected chi connectivity index (χ3v) is 7.68. The van der Waals surface area contributed by atoms with Crippen LogP contribution in [0.15, 0.2) is 42.0 Å². The van der Waals surface area contributed by atoms with E-state index >= 15 is 0 Å². The molecule has 3 aromatic rings. The maximum absolute atomic E-state index is 13.2. The van der Waals surface area contributed by atoms with Crippen LogP contribution < -0.4 is 4.90 Å². The summed E-state index contributed by atoms with van der Waals surface area (Å²) in [5, 5.41) is 20.4. The Morgan fingerprint density at radius 3 is 2.32 bits per heavy atom. The molecule has 0 unspecified atom stereocenters. The van der Waals surface area contributed by atoms with Crippen LogP contribution >= 0.6 is 11.3 Å². The van der Waals surface area contributed by atoms with Crippen molar-refractivity contribution in [1.29, 1.82) is 10.5 Å². The molecule has 1 amide bonds. The molecule has 1 aliphatic heterocycles. The van der Waals surface area contributed by atoms with Crippen LogP contribution in [0.1, 0.15) is 33.0 Å². The molecule has 0 atom stereocenters. The van der Waals surface area contributed by atoms with Crippen LogP contribution in [0.25, 0.3) is 11.1 Å². The largest absolute Gasteiger partial charge is 0.368 e. The minimum atomic E-state index is -0.236. The van der Waals surface area contributed by atoms with Crippen LogP contribution in [0.5, 0.6) is 0 Å². The zero-order valence-electron chi connectivity index (χ0n) is 19.9. The molecule has 34 heavy (non-hydrogen) atoms. The van der Waals surface area contributed by atoms with Gasteiger partial charge in [0, 0.05) is 48.1 Å². The summed E-state index contributed by atoms with van der Waals surface area (Å²) in [5.41, 5.74) is 5.63. The van der Waals surface area contributed by atoms with E-state index in [1.54, 1.807) is 22.3 Å². The minimum Gasteiger partial charge on any atom is -0.368 e. The Hall–Kier alpha value is -3.81. The first-order chi connectivity index (χ1) is 16.3. The van der Waals surface area contributed by atoms with Gasteiger partial charge in [0.15, 0.2) is 0 Å². The number of nitriles is 2. The van der Waals surface area contributed by atoms with Crippen molar-refractivity contribution in [2.75, 3.05) is 31.1 Å². The van der Waals surface area contributed by atoms with Gasteiger partial charge in [-0.05, 0) is 63.1 Å². The molecule has 6 nitrogen and oxygen atoms in total. The van der Waals surface area contributed by atoms with Crippen molar-refractivity contribution in [3.8, 4) is 17.1 Å². The van der Waals surface area contributed by atoms with E-state index in [0.29, 0.717) is 18.7 Å². The van der Waals surface area contributed by atoms with E-state index in [1.165, 1.54) is 0 Å². The number of carbonyl (C=O) groups is 1. The molecule has 1 aromatic carbocycles. The Balaban J connectivity index is 1.58. The second-order valence-electron chi connectivity index (χ2n) is 8.52. The number of piperazine rings is 1. The molecule has 4 rings (SSSR count). The van der Waals surface area contributed by atoms with Gasteiger partial charge in [-0.15, -0.1) is 11.3 Å². The minimum absolute atomic E-state index is 0.132. The Bertz CT molecular complexity index is 1340. The SMILES string of the molecule is Cc1sc(-n2c(C)cc(/C=C(/C#N)C(=O)N3CCN(c4ccccc4)CC3)c2C)c(C#N)c1C. The molecule has 7 heteroatoms. The fraction of sp³-hybridized carbons (Fsp3) is 0.296. The van der Waals surface area contributed by atoms with Crippen LogP contribution in [0.2, 0.25) is 0 Å². The first-order valence-electron chi connectivity index (χ1n) is 11.3. The van der Waals surface area contributed by atoms with Gasteiger partial charge in [-0.25, -0.2) is 0 Å². The highest BCUT2D eigenvalue weighted by Gasteiger charge is 2.25. The van der Waals surface area contributed by atoms with E-state index in [-0.39, 0.29) is 11.5 Å². The Morgan fingerprint density at radius 1 is 1.03 bits per heavy atom. The van der Waals surface area contributed by atoms with E-state index in [9.17, 15) is 15.3 Å². The number of anilines is 1. The smallest absolute Gasteiger partial charge is 0.264 e. The van der Waals surface area contributed by atoms with E-state index < -0.39 is 0 Å². The van der Waals surface area contributed by atoms with Crippen molar-refractivity contribution in [2.24, 2.45) is 0 Å². The molecule has 3 heterocycles. The Morgan fingerprint density at radius 2 is 1.71 bits per heavy atom. The lowest BCUT2D eigenvalue weighted by atomic mass is 10.1. The highest BCUT2D eigenvalue weighted by molar-refractivity contribution is 7.14. The van der Waals surface area contributed by atoms with Crippen LogP contribution in [-0.4, -0.2) is 41.6 Å². The van der Waals surface area contributed by atoms with Crippen molar-refractivity contribution in [2.45, 2.75) is 27.7 Å². The first-order valence-corrected chi connectivity index (χ1v) is 12.1. The fourth-order valence-corrected chi connectivity index (χ4v) is 5.64. The molecule has 0 N–H and O–H groups in total. The van der Waals surface area contributed by atoms with Gasteiger partial charge < -0.3 is 14.4 Å². The summed E-state index contributed by atoms with van der Waals surface area (Å²) < 4.78 is 2.05. The van der Waals surface area contributed by atoms with E-state index in [2.05, 4.69) is 29.2 Å². The van der Waals surface area contributed by atoms with Crippen molar-refractivity contribution >= 4 is 29.0 Å². The molecule has 0 radical (unpaired) electrons. The van der Waals surface area contributed by atoms with Crippen LogP contribution in [0.3, 0.4) is 0 Å². The molecular formula is C27H27N5OS. The number of rotatable bonds is 4. The van der Waals surface area contributed by atoms with Crippen LogP contribution in [0, 0.1) is 50.4 Å². The van der Waals surface area contributed by atoms with Crippen molar-refractivity contribution in [3.63, 3.8) is 0 Å². The van der Waals surface area contributed by atoms with Gasteiger partial charge in [0.1, 0.15) is 22.7 Å². The summed E-state index contributed by atoms with van der Waals surface area (Å²) in [6.45, 7) is 10.5. The second kappa shape index (κ2) is 9.59. The second-order valence-corrected chi connectivity index (χ2v) is 9.72. The van der Waals surface area contributed by atoms with Gasteiger partial charge in [-0.1, -0.05) is 18.2 Å². The molecule has 1 fully saturated rings. The highest BCUT2D eigenvalue weighted by Crippen LogP contribution is 2.34. The topological polar surface area (TPSA) is 76.1 Å². The number of carbonyl (C=O) groups excluding carboxylic acids is 1. The van der Waals surface area contributed by atoms with Crippen LogP contribution in [-0.2, 0) is 4.79 Å². The monoisotopic (exact) mass is 469 g/mol.